The topological polar surface area (TPSA) is 130 Å². The van der Waals surface area contributed by atoms with E-state index in [-0.39, 0.29) is 6.61 Å². The lowest BCUT2D eigenvalue weighted by Gasteiger charge is -2.09. The molecule has 0 aromatic carbocycles. The Kier molecular flexibility index (Phi) is 3.97. The van der Waals surface area contributed by atoms with Crippen molar-refractivity contribution in [1.29, 1.82) is 0 Å². The number of aromatic nitrogens is 2. The smallest absolute Gasteiger partial charge is 0.330 e. The van der Waals surface area contributed by atoms with Gasteiger partial charge in [0.25, 0.3) is 5.91 Å². The van der Waals surface area contributed by atoms with Crippen LogP contribution in [0.25, 0.3) is 0 Å². The van der Waals surface area contributed by atoms with Crippen molar-refractivity contribution in [1.82, 2.24) is 9.78 Å². The fourth-order valence-corrected chi connectivity index (χ4v) is 1.26. The molecule has 0 spiro atoms. The van der Waals surface area contributed by atoms with E-state index in [1.54, 1.807) is 6.92 Å². The van der Waals surface area contributed by atoms with Gasteiger partial charge >= 0.3 is 11.7 Å². The summed E-state index contributed by atoms with van der Waals surface area (Å²) in [6.07, 6.45) is 0.974. The Labute approximate surface area is 102 Å². The predicted octanol–water partition coefficient (Wildman–Crippen LogP) is 0.0143. The predicted molar refractivity (Wildman–Crippen MR) is 58.7 cm³/mol. The molecule has 2 N–H and O–H groups in total. The zero-order valence-electron chi connectivity index (χ0n) is 9.82. The molecule has 98 valence electrons. The lowest BCUT2D eigenvalue weighted by molar-refractivity contribution is -0.385. The van der Waals surface area contributed by atoms with Crippen LogP contribution < -0.4 is 5.73 Å². The Morgan fingerprint density at radius 3 is 2.67 bits per heavy atom. The highest BCUT2D eigenvalue weighted by Gasteiger charge is 2.27. The summed E-state index contributed by atoms with van der Waals surface area (Å²) in [4.78, 5) is 32.3. The van der Waals surface area contributed by atoms with Crippen molar-refractivity contribution in [2.45, 2.75) is 19.9 Å². The molecule has 1 rings (SSSR count). The van der Waals surface area contributed by atoms with Crippen LogP contribution in [0.5, 0.6) is 0 Å². The van der Waals surface area contributed by atoms with Crippen LogP contribution in [0, 0.1) is 10.1 Å². The van der Waals surface area contributed by atoms with Crippen molar-refractivity contribution in [2.75, 3.05) is 6.61 Å². The third-order valence-corrected chi connectivity index (χ3v) is 2.17. The van der Waals surface area contributed by atoms with Crippen LogP contribution >= 0.6 is 0 Å². The number of nitro groups is 1. The van der Waals surface area contributed by atoms with Gasteiger partial charge in [-0.15, -0.1) is 0 Å². The quantitative estimate of drug-likeness (QED) is 0.448. The molecule has 0 fully saturated rings. The zero-order chi connectivity index (χ0) is 13.9. The molecular formula is C9H12N4O5. The van der Waals surface area contributed by atoms with Gasteiger partial charge in [0.2, 0.25) is 5.69 Å². The summed E-state index contributed by atoms with van der Waals surface area (Å²) in [5.74, 6) is -1.64. The Balaban J connectivity index is 3.12. The number of carbonyl (C=O) groups is 2. The number of esters is 1. The first kappa shape index (κ1) is 13.6. The highest BCUT2D eigenvalue weighted by Crippen LogP contribution is 2.19. The molecule has 0 saturated carbocycles. The lowest BCUT2D eigenvalue weighted by atomic mass is 10.3. The maximum Gasteiger partial charge on any atom is 0.330 e. The molecule has 9 nitrogen and oxygen atoms in total. The minimum atomic E-state index is -1.03. The van der Waals surface area contributed by atoms with E-state index in [0.717, 1.165) is 10.9 Å². The third kappa shape index (κ3) is 2.62. The molecule has 0 aliphatic carbocycles. The van der Waals surface area contributed by atoms with E-state index in [4.69, 9.17) is 10.5 Å². The van der Waals surface area contributed by atoms with Crippen molar-refractivity contribution < 1.29 is 19.2 Å². The number of hydrogen-bond donors (Lipinski definition) is 1. The Hall–Kier alpha value is -2.45. The summed E-state index contributed by atoms with van der Waals surface area (Å²) in [6.45, 7) is 3.25. The second-order valence-corrected chi connectivity index (χ2v) is 3.39. The summed E-state index contributed by atoms with van der Waals surface area (Å²) < 4.78 is 5.72. The van der Waals surface area contributed by atoms with Crippen LogP contribution in [-0.2, 0) is 9.53 Å². The molecular weight excluding hydrogens is 244 g/mol. The van der Waals surface area contributed by atoms with Crippen molar-refractivity contribution in [3.8, 4) is 0 Å². The van der Waals surface area contributed by atoms with Gasteiger partial charge in [0.15, 0.2) is 0 Å². The number of nitrogens with two attached hydrogens (primary N) is 1. The maximum absolute atomic E-state index is 11.4. The van der Waals surface area contributed by atoms with E-state index in [1.165, 1.54) is 6.92 Å². The van der Waals surface area contributed by atoms with Gasteiger partial charge in [-0.3, -0.25) is 19.6 Å². The number of primary amides is 1. The summed E-state index contributed by atoms with van der Waals surface area (Å²) in [7, 11) is 0. The molecule has 0 unspecified atom stereocenters. The SMILES string of the molecule is CCOC(=O)[C@@H](C)n1cc([N+](=O)[O-])c(C(N)=O)n1. The normalized spacial score (nSPS) is 11.9. The molecule has 18 heavy (non-hydrogen) atoms. The molecule has 1 atom stereocenters. The molecule has 1 aromatic heterocycles. The van der Waals surface area contributed by atoms with Gasteiger partial charge in [-0.1, -0.05) is 0 Å². The summed E-state index contributed by atoms with van der Waals surface area (Å²) in [6, 6.07) is -0.878. The fourth-order valence-electron chi connectivity index (χ4n) is 1.26. The average Bonchev–Trinajstić information content (AvgIpc) is 2.73. The first-order valence-corrected chi connectivity index (χ1v) is 5.08. The van der Waals surface area contributed by atoms with E-state index in [9.17, 15) is 19.7 Å². The standard InChI is InChI=1S/C9H12N4O5/c1-3-18-9(15)5(2)12-4-6(13(16)17)7(11-12)8(10)14/h4-5H,3H2,1-2H3,(H2,10,14)/t5-/m1/s1. The van der Waals surface area contributed by atoms with E-state index in [2.05, 4.69) is 5.10 Å². The molecule has 0 bridgehead atoms. The van der Waals surface area contributed by atoms with E-state index in [1.807, 2.05) is 0 Å². The van der Waals surface area contributed by atoms with Crippen molar-refractivity contribution in [3.05, 3.63) is 22.0 Å². The molecule has 0 saturated heterocycles. The Morgan fingerprint density at radius 2 is 2.28 bits per heavy atom. The summed E-state index contributed by atoms with van der Waals surface area (Å²) >= 11 is 0. The van der Waals surface area contributed by atoms with Crippen LogP contribution in [0.2, 0.25) is 0 Å². The molecule has 1 amide bonds. The minimum absolute atomic E-state index is 0.176. The van der Waals surface area contributed by atoms with Gasteiger partial charge in [-0.2, -0.15) is 5.10 Å². The van der Waals surface area contributed by atoms with Gasteiger partial charge in [0, 0.05) is 0 Å². The molecule has 9 heteroatoms. The van der Waals surface area contributed by atoms with Gasteiger partial charge in [-0.25, -0.2) is 4.79 Å². The van der Waals surface area contributed by atoms with Gasteiger partial charge in [0.1, 0.15) is 12.2 Å². The maximum atomic E-state index is 11.4. The van der Waals surface area contributed by atoms with Gasteiger partial charge in [-0.05, 0) is 13.8 Å². The van der Waals surface area contributed by atoms with E-state index >= 15 is 0 Å². The Bertz CT molecular complexity index is 464. The van der Waals surface area contributed by atoms with Crippen LogP contribution in [0.1, 0.15) is 30.4 Å². The number of carbonyl (C=O) groups excluding carboxylic acids is 2. The minimum Gasteiger partial charge on any atom is -0.464 e. The van der Waals surface area contributed by atoms with Gasteiger partial charge in [0.05, 0.1) is 11.5 Å². The zero-order valence-corrected chi connectivity index (χ0v) is 9.82. The number of nitrogens with zero attached hydrogens (tertiary/aromatic N) is 3. The van der Waals surface area contributed by atoms with Crippen LogP contribution in [-0.4, -0.2) is 33.2 Å². The summed E-state index contributed by atoms with van der Waals surface area (Å²) in [5, 5.41) is 14.3. The molecule has 1 heterocycles. The molecule has 0 aliphatic heterocycles. The lowest BCUT2D eigenvalue weighted by Crippen LogP contribution is -2.20. The largest absolute Gasteiger partial charge is 0.464 e. The first-order valence-electron chi connectivity index (χ1n) is 5.08. The van der Waals surface area contributed by atoms with Gasteiger partial charge < -0.3 is 10.5 Å². The van der Waals surface area contributed by atoms with E-state index < -0.39 is 34.2 Å². The van der Waals surface area contributed by atoms with Crippen molar-refractivity contribution in [3.63, 3.8) is 0 Å². The van der Waals surface area contributed by atoms with Crippen molar-refractivity contribution in [2.24, 2.45) is 5.73 Å². The monoisotopic (exact) mass is 256 g/mol. The number of ether oxygens (including phenoxy) is 1. The number of hydrogen-bond acceptors (Lipinski definition) is 6. The molecule has 0 radical (unpaired) electrons. The number of rotatable bonds is 5. The second-order valence-electron chi connectivity index (χ2n) is 3.39. The van der Waals surface area contributed by atoms with Crippen molar-refractivity contribution >= 4 is 17.6 Å². The summed E-state index contributed by atoms with van der Waals surface area (Å²) in [5.41, 5.74) is 3.93. The highest BCUT2D eigenvalue weighted by molar-refractivity contribution is 5.94. The first-order chi connectivity index (χ1) is 8.38. The van der Waals surface area contributed by atoms with Crippen LogP contribution in [0.4, 0.5) is 5.69 Å². The highest BCUT2D eigenvalue weighted by atomic mass is 16.6. The Morgan fingerprint density at radius 1 is 1.67 bits per heavy atom. The average molecular weight is 256 g/mol. The second kappa shape index (κ2) is 5.25. The molecule has 1 aromatic rings. The third-order valence-electron chi connectivity index (χ3n) is 2.17. The van der Waals surface area contributed by atoms with Crippen LogP contribution in [0.15, 0.2) is 6.20 Å². The van der Waals surface area contributed by atoms with Crippen LogP contribution in [0.3, 0.4) is 0 Å². The fraction of sp³-hybridized carbons (Fsp3) is 0.444. The number of amides is 1. The molecule has 0 aliphatic rings. The van der Waals surface area contributed by atoms with E-state index in [0.29, 0.717) is 0 Å².